The minimum atomic E-state index is -1.26. The number of esters is 2. The Hall–Kier alpha value is -2.05. The highest BCUT2D eigenvalue weighted by Crippen LogP contribution is 2.33. The van der Waals surface area contributed by atoms with Crippen LogP contribution in [0.2, 0.25) is 0 Å². The molecule has 1 atom stereocenters. The van der Waals surface area contributed by atoms with E-state index in [1.807, 2.05) is 0 Å². The predicted octanol–water partition coefficient (Wildman–Crippen LogP) is 0.259. The van der Waals surface area contributed by atoms with Crippen molar-refractivity contribution in [3.8, 4) is 0 Å². The van der Waals surface area contributed by atoms with Crippen LogP contribution in [0.4, 0.5) is 0 Å². The fraction of sp³-hybridized carbons (Fsp3) is 0.643. The lowest BCUT2D eigenvalue weighted by Crippen LogP contribution is -2.44. The zero-order valence-corrected chi connectivity index (χ0v) is 12.9. The molecule has 0 aromatic heterocycles. The van der Waals surface area contributed by atoms with Gasteiger partial charge in [0.2, 0.25) is 5.91 Å². The number of allylic oxidation sites excluding steroid dienone is 1. The lowest BCUT2D eigenvalue weighted by molar-refractivity contribution is -0.222. The van der Waals surface area contributed by atoms with Crippen LogP contribution in [0.5, 0.6) is 0 Å². The Balaban J connectivity index is 2.31. The molecule has 0 bridgehead atoms. The molecule has 0 radical (unpaired) electrons. The molecule has 7 nitrogen and oxygen atoms in total. The fourth-order valence-corrected chi connectivity index (χ4v) is 2.61. The molecule has 2 rings (SSSR count). The quantitative estimate of drug-likeness (QED) is 0.392. The van der Waals surface area contributed by atoms with Crippen molar-refractivity contribution in [2.24, 2.45) is 0 Å². The van der Waals surface area contributed by atoms with Crippen LogP contribution in [0.15, 0.2) is 11.3 Å². The number of nitrogens with zero attached hydrogens (tertiary/aromatic N) is 2. The van der Waals surface area contributed by atoms with Gasteiger partial charge in [-0.3, -0.25) is 4.79 Å². The van der Waals surface area contributed by atoms with Gasteiger partial charge in [-0.2, -0.15) is 0 Å². The number of amides is 1. The van der Waals surface area contributed by atoms with Gasteiger partial charge in [0.05, 0.1) is 0 Å². The van der Waals surface area contributed by atoms with E-state index in [1.165, 1.54) is 18.7 Å². The summed E-state index contributed by atoms with van der Waals surface area (Å²) < 4.78 is 10.2. The second-order valence-corrected chi connectivity index (χ2v) is 5.90. The molecule has 0 N–H and O–H groups in total. The van der Waals surface area contributed by atoms with Crippen LogP contribution in [0.1, 0.15) is 26.7 Å². The molecular formula is C14H20N2O5. The van der Waals surface area contributed by atoms with Gasteiger partial charge in [-0.25, -0.2) is 9.59 Å². The van der Waals surface area contributed by atoms with Gasteiger partial charge in [0.1, 0.15) is 6.04 Å². The molecule has 0 aromatic carbocycles. The van der Waals surface area contributed by atoms with Crippen LogP contribution in [0.3, 0.4) is 0 Å². The highest BCUT2D eigenvalue weighted by molar-refractivity contribution is 6.16. The third kappa shape index (κ3) is 2.72. The number of rotatable bonds is 1. The van der Waals surface area contributed by atoms with Gasteiger partial charge in [-0.15, -0.1) is 0 Å². The maximum atomic E-state index is 12.1. The van der Waals surface area contributed by atoms with Crippen molar-refractivity contribution < 1.29 is 23.9 Å². The Labute approximate surface area is 123 Å². The highest BCUT2D eigenvalue weighted by Gasteiger charge is 2.44. The molecule has 0 unspecified atom stereocenters. The number of likely N-dealkylation sites (tertiary alicyclic amines) is 1. The normalized spacial score (nSPS) is 24.8. The van der Waals surface area contributed by atoms with Crippen molar-refractivity contribution in [2.75, 3.05) is 21.1 Å². The number of ether oxygens (including phenoxy) is 2. The molecule has 2 heterocycles. The van der Waals surface area contributed by atoms with Crippen molar-refractivity contribution in [1.29, 1.82) is 0 Å². The van der Waals surface area contributed by atoms with Gasteiger partial charge >= 0.3 is 11.9 Å². The van der Waals surface area contributed by atoms with Gasteiger partial charge in [-0.1, -0.05) is 0 Å². The maximum Gasteiger partial charge on any atom is 0.350 e. The van der Waals surface area contributed by atoms with E-state index >= 15 is 0 Å². The molecule has 2 fully saturated rings. The van der Waals surface area contributed by atoms with Gasteiger partial charge in [0, 0.05) is 40.7 Å². The Morgan fingerprint density at radius 3 is 2.24 bits per heavy atom. The third-order valence-electron chi connectivity index (χ3n) is 3.65. The van der Waals surface area contributed by atoms with Crippen molar-refractivity contribution >= 4 is 17.8 Å². The average molecular weight is 296 g/mol. The molecule has 7 heteroatoms. The van der Waals surface area contributed by atoms with E-state index in [2.05, 4.69) is 0 Å². The molecule has 116 valence electrons. The summed E-state index contributed by atoms with van der Waals surface area (Å²) in [7, 11) is 5.04. The molecule has 2 aliphatic rings. The first-order chi connectivity index (χ1) is 9.64. The number of carbonyl (C=O) groups excluding carboxylic acids is 3. The molecule has 0 saturated carbocycles. The molecule has 2 aliphatic heterocycles. The Kier molecular flexibility index (Phi) is 3.69. The van der Waals surface area contributed by atoms with Crippen molar-refractivity contribution in [3.05, 3.63) is 11.3 Å². The van der Waals surface area contributed by atoms with Gasteiger partial charge < -0.3 is 19.3 Å². The lowest BCUT2D eigenvalue weighted by atomic mass is 10.1. The Morgan fingerprint density at radius 2 is 1.76 bits per heavy atom. The topological polar surface area (TPSA) is 76.1 Å². The SMILES string of the molecule is CN(C)C(=O)[C@@H]1CCC(=C2C(=O)OC(C)(C)OC2=O)N1C. The largest absolute Gasteiger partial charge is 0.419 e. The van der Waals surface area contributed by atoms with Crippen LogP contribution in [0, 0.1) is 0 Å². The first kappa shape index (κ1) is 15.3. The fourth-order valence-electron chi connectivity index (χ4n) is 2.61. The number of cyclic esters (lactones) is 2. The van der Waals surface area contributed by atoms with E-state index in [-0.39, 0.29) is 17.5 Å². The van der Waals surface area contributed by atoms with Crippen LogP contribution < -0.4 is 0 Å². The standard InChI is InChI=1S/C14H20N2O5/c1-14(2)20-12(18)10(13(19)21-14)8-6-7-9(16(8)5)11(17)15(3)4/h9H,6-7H2,1-5H3/t9-/m0/s1. The summed E-state index contributed by atoms with van der Waals surface area (Å²) in [5.41, 5.74) is 0.395. The summed E-state index contributed by atoms with van der Waals surface area (Å²) in [6.45, 7) is 3.00. The molecule has 2 saturated heterocycles. The predicted molar refractivity (Wildman–Crippen MR) is 72.8 cm³/mol. The average Bonchev–Trinajstić information content (AvgIpc) is 2.68. The first-order valence-electron chi connectivity index (χ1n) is 6.78. The number of hydrogen-bond acceptors (Lipinski definition) is 6. The van der Waals surface area contributed by atoms with Crippen LogP contribution >= 0.6 is 0 Å². The summed E-state index contributed by atoms with van der Waals surface area (Å²) >= 11 is 0. The van der Waals surface area contributed by atoms with E-state index in [4.69, 9.17) is 9.47 Å². The van der Waals surface area contributed by atoms with Crippen molar-refractivity contribution in [3.63, 3.8) is 0 Å². The zero-order valence-electron chi connectivity index (χ0n) is 12.9. The molecule has 21 heavy (non-hydrogen) atoms. The summed E-state index contributed by atoms with van der Waals surface area (Å²) in [5.74, 6) is -2.72. The minimum absolute atomic E-state index is 0.0639. The summed E-state index contributed by atoms with van der Waals surface area (Å²) in [4.78, 5) is 39.4. The third-order valence-corrected chi connectivity index (χ3v) is 3.65. The van der Waals surface area contributed by atoms with Crippen LogP contribution in [-0.2, 0) is 23.9 Å². The Morgan fingerprint density at radius 1 is 1.24 bits per heavy atom. The first-order valence-corrected chi connectivity index (χ1v) is 6.78. The Bertz CT molecular complexity index is 513. The zero-order chi connectivity index (χ0) is 15.9. The molecule has 0 aliphatic carbocycles. The maximum absolute atomic E-state index is 12.1. The molecule has 1 amide bonds. The smallest absolute Gasteiger partial charge is 0.350 e. The van der Waals surface area contributed by atoms with Gasteiger partial charge in [-0.05, 0) is 12.8 Å². The second kappa shape index (κ2) is 5.05. The summed E-state index contributed by atoms with van der Waals surface area (Å²) in [6.07, 6.45) is 1.01. The van der Waals surface area contributed by atoms with E-state index in [9.17, 15) is 14.4 Å². The highest BCUT2D eigenvalue weighted by atomic mass is 16.7. The minimum Gasteiger partial charge on any atom is -0.419 e. The van der Waals surface area contributed by atoms with Gasteiger partial charge in [0.25, 0.3) is 5.79 Å². The molecular weight excluding hydrogens is 276 g/mol. The van der Waals surface area contributed by atoms with E-state index in [0.29, 0.717) is 18.5 Å². The van der Waals surface area contributed by atoms with E-state index in [0.717, 1.165) is 0 Å². The lowest BCUT2D eigenvalue weighted by Gasteiger charge is -2.32. The summed E-state index contributed by atoms with van der Waals surface area (Å²) in [5, 5.41) is 0. The van der Waals surface area contributed by atoms with Crippen molar-refractivity contribution in [2.45, 2.75) is 38.5 Å². The van der Waals surface area contributed by atoms with Crippen LogP contribution in [0.25, 0.3) is 0 Å². The molecule has 0 aromatic rings. The number of carbonyl (C=O) groups is 3. The van der Waals surface area contributed by atoms with Crippen molar-refractivity contribution in [1.82, 2.24) is 9.80 Å². The van der Waals surface area contributed by atoms with Crippen LogP contribution in [-0.4, -0.2) is 60.6 Å². The number of likely N-dealkylation sites (N-methyl/N-ethyl adjacent to an activating group) is 2. The summed E-state index contributed by atoms with van der Waals surface area (Å²) in [6, 6.07) is -0.377. The van der Waals surface area contributed by atoms with E-state index in [1.54, 1.807) is 26.0 Å². The molecule has 0 spiro atoms. The van der Waals surface area contributed by atoms with Gasteiger partial charge in [0.15, 0.2) is 5.57 Å². The second-order valence-electron chi connectivity index (χ2n) is 5.90. The van der Waals surface area contributed by atoms with E-state index < -0.39 is 17.7 Å². The number of hydrogen-bond donors (Lipinski definition) is 0. The monoisotopic (exact) mass is 296 g/mol.